The monoisotopic (exact) mass is 203 g/mol. The standard InChI is InChI=1S/C12H10FNO/c13-11-3-1-9(2-4-11)10-5-6-14-12(7-10)8-15/h1-7,15H,8H2. The van der Waals surface area contributed by atoms with E-state index in [-0.39, 0.29) is 12.4 Å². The van der Waals surface area contributed by atoms with E-state index < -0.39 is 0 Å². The molecule has 76 valence electrons. The number of nitrogens with zero attached hydrogens (tertiary/aromatic N) is 1. The maximum atomic E-state index is 12.7. The summed E-state index contributed by atoms with van der Waals surface area (Å²) >= 11 is 0. The molecule has 0 fully saturated rings. The minimum atomic E-state index is -0.254. The molecule has 0 spiro atoms. The molecule has 0 amide bonds. The van der Waals surface area contributed by atoms with Crippen LogP contribution in [0, 0.1) is 5.82 Å². The van der Waals surface area contributed by atoms with Crippen molar-refractivity contribution in [2.45, 2.75) is 6.61 Å². The molecule has 0 aliphatic carbocycles. The molecular weight excluding hydrogens is 193 g/mol. The van der Waals surface area contributed by atoms with Crippen molar-refractivity contribution in [1.82, 2.24) is 4.98 Å². The zero-order valence-electron chi connectivity index (χ0n) is 8.02. The van der Waals surface area contributed by atoms with Crippen molar-refractivity contribution in [2.75, 3.05) is 0 Å². The Kier molecular flexibility index (Phi) is 2.74. The lowest BCUT2D eigenvalue weighted by atomic mass is 10.1. The molecule has 0 unspecified atom stereocenters. The normalized spacial score (nSPS) is 10.3. The van der Waals surface area contributed by atoms with Gasteiger partial charge in [-0.1, -0.05) is 12.1 Å². The molecule has 0 bridgehead atoms. The molecule has 0 saturated heterocycles. The second-order valence-corrected chi connectivity index (χ2v) is 3.20. The Balaban J connectivity index is 2.40. The van der Waals surface area contributed by atoms with E-state index in [1.54, 1.807) is 24.4 Å². The van der Waals surface area contributed by atoms with E-state index in [2.05, 4.69) is 4.98 Å². The molecular formula is C12H10FNO. The second-order valence-electron chi connectivity index (χ2n) is 3.20. The van der Waals surface area contributed by atoms with Crippen LogP contribution in [0.2, 0.25) is 0 Å². The van der Waals surface area contributed by atoms with Gasteiger partial charge in [-0.2, -0.15) is 0 Å². The van der Waals surface area contributed by atoms with E-state index >= 15 is 0 Å². The number of pyridine rings is 1. The summed E-state index contributed by atoms with van der Waals surface area (Å²) in [4.78, 5) is 3.98. The SMILES string of the molecule is OCc1cc(-c2ccc(F)cc2)ccn1. The molecule has 1 N–H and O–H groups in total. The summed E-state index contributed by atoms with van der Waals surface area (Å²) in [6.07, 6.45) is 1.63. The van der Waals surface area contributed by atoms with Crippen LogP contribution in [0.1, 0.15) is 5.69 Å². The van der Waals surface area contributed by atoms with Gasteiger partial charge in [0.2, 0.25) is 0 Å². The topological polar surface area (TPSA) is 33.1 Å². The summed E-state index contributed by atoms with van der Waals surface area (Å²) in [6.45, 7) is -0.0883. The number of halogens is 1. The van der Waals surface area contributed by atoms with Crippen LogP contribution in [-0.4, -0.2) is 10.1 Å². The van der Waals surface area contributed by atoms with E-state index in [9.17, 15) is 4.39 Å². The smallest absolute Gasteiger partial charge is 0.123 e. The van der Waals surface area contributed by atoms with Crippen LogP contribution in [0.25, 0.3) is 11.1 Å². The maximum absolute atomic E-state index is 12.7. The van der Waals surface area contributed by atoms with E-state index in [0.717, 1.165) is 11.1 Å². The van der Waals surface area contributed by atoms with Crippen LogP contribution in [-0.2, 0) is 6.61 Å². The lowest BCUT2D eigenvalue weighted by Crippen LogP contribution is -1.89. The lowest BCUT2D eigenvalue weighted by molar-refractivity contribution is 0.277. The van der Waals surface area contributed by atoms with Crippen molar-refractivity contribution in [3.8, 4) is 11.1 Å². The van der Waals surface area contributed by atoms with E-state index in [0.29, 0.717) is 5.69 Å². The summed E-state index contributed by atoms with van der Waals surface area (Å²) in [6, 6.07) is 9.83. The van der Waals surface area contributed by atoms with E-state index in [1.165, 1.54) is 12.1 Å². The zero-order chi connectivity index (χ0) is 10.7. The molecule has 0 aliphatic rings. The summed E-state index contributed by atoms with van der Waals surface area (Å²) in [5.41, 5.74) is 2.44. The van der Waals surface area contributed by atoms with Crippen molar-refractivity contribution < 1.29 is 9.50 Å². The van der Waals surface area contributed by atoms with Gasteiger partial charge in [-0.25, -0.2) is 4.39 Å². The molecule has 2 rings (SSSR count). The van der Waals surface area contributed by atoms with Gasteiger partial charge in [0, 0.05) is 6.20 Å². The first-order chi connectivity index (χ1) is 7.29. The minimum Gasteiger partial charge on any atom is -0.390 e. The Hall–Kier alpha value is -1.74. The van der Waals surface area contributed by atoms with Crippen molar-refractivity contribution in [3.05, 3.63) is 54.1 Å². The molecule has 1 aromatic carbocycles. The molecule has 0 aliphatic heterocycles. The predicted molar refractivity (Wildman–Crippen MR) is 55.6 cm³/mol. The van der Waals surface area contributed by atoms with Crippen LogP contribution in [0.5, 0.6) is 0 Å². The molecule has 15 heavy (non-hydrogen) atoms. The average molecular weight is 203 g/mol. The highest BCUT2D eigenvalue weighted by Gasteiger charge is 1.99. The fourth-order valence-electron chi connectivity index (χ4n) is 1.39. The van der Waals surface area contributed by atoms with Gasteiger partial charge in [-0.05, 0) is 35.4 Å². The third-order valence-corrected chi connectivity index (χ3v) is 2.16. The summed E-state index contributed by atoms with van der Waals surface area (Å²) in [5, 5.41) is 8.93. The lowest BCUT2D eigenvalue weighted by Gasteiger charge is -2.02. The minimum absolute atomic E-state index is 0.0883. The van der Waals surface area contributed by atoms with Crippen LogP contribution in [0.3, 0.4) is 0 Å². The highest BCUT2D eigenvalue weighted by Crippen LogP contribution is 2.19. The third kappa shape index (κ3) is 2.19. The van der Waals surface area contributed by atoms with Gasteiger partial charge in [0.1, 0.15) is 5.82 Å². The molecule has 0 radical (unpaired) electrons. The second kappa shape index (κ2) is 4.19. The van der Waals surface area contributed by atoms with Crippen molar-refractivity contribution in [1.29, 1.82) is 0 Å². The average Bonchev–Trinajstić information content (AvgIpc) is 2.30. The summed E-state index contributed by atoms with van der Waals surface area (Å²) in [5.74, 6) is -0.254. The highest BCUT2D eigenvalue weighted by atomic mass is 19.1. The highest BCUT2D eigenvalue weighted by molar-refractivity contribution is 5.63. The van der Waals surface area contributed by atoms with E-state index in [1.807, 2.05) is 6.07 Å². The van der Waals surface area contributed by atoms with E-state index in [4.69, 9.17) is 5.11 Å². The Labute approximate surface area is 87.0 Å². The van der Waals surface area contributed by atoms with Crippen LogP contribution < -0.4 is 0 Å². The molecule has 0 atom stereocenters. The van der Waals surface area contributed by atoms with Crippen molar-refractivity contribution >= 4 is 0 Å². The number of benzene rings is 1. The number of rotatable bonds is 2. The van der Waals surface area contributed by atoms with Gasteiger partial charge < -0.3 is 5.11 Å². The number of hydrogen-bond acceptors (Lipinski definition) is 2. The Morgan fingerprint density at radius 1 is 1.07 bits per heavy atom. The zero-order valence-corrected chi connectivity index (χ0v) is 8.02. The maximum Gasteiger partial charge on any atom is 0.123 e. The van der Waals surface area contributed by atoms with Gasteiger partial charge in [0.25, 0.3) is 0 Å². The molecule has 0 saturated carbocycles. The Morgan fingerprint density at radius 3 is 2.47 bits per heavy atom. The fourth-order valence-corrected chi connectivity index (χ4v) is 1.39. The molecule has 1 aromatic heterocycles. The Morgan fingerprint density at radius 2 is 1.80 bits per heavy atom. The first-order valence-electron chi connectivity index (χ1n) is 4.61. The molecule has 2 nitrogen and oxygen atoms in total. The van der Waals surface area contributed by atoms with Crippen LogP contribution in [0.15, 0.2) is 42.6 Å². The summed E-state index contributed by atoms with van der Waals surface area (Å²) in [7, 11) is 0. The van der Waals surface area contributed by atoms with Crippen molar-refractivity contribution in [2.24, 2.45) is 0 Å². The predicted octanol–water partition coefficient (Wildman–Crippen LogP) is 2.38. The number of aliphatic hydroxyl groups is 1. The van der Waals surface area contributed by atoms with Gasteiger partial charge >= 0.3 is 0 Å². The summed E-state index contributed by atoms with van der Waals surface area (Å²) < 4.78 is 12.7. The molecule has 2 aromatic rings. The molecule has 3 heteroatoms. The molecule has 1 heterocycles. The van der Waals surface area contributed by atoms with Gasteiger partial charge in [-0.3, -0.25) is 4.98 Å². The number of aliphatic hydroxyl groups excluding tert-OH is 1. The van der Waals surface area contributed by atoms with Gasteiger partial charge in [-0.15, -0.1) is 0 Å². The van der Waals surface area contributed by atoms with Crippen LogP contribution in [0.4, 0.5) is 4.39 Å². The first kappa shape index (κ1) is 9.80. The third-order valence-electron chi connectivity index (χ3n) is 2.16. The Bertz CT molecular complexity index is 453. The van der Waals surface area contributed by atoms with Gasteiger partial charge in [0.15, 0.2) is 0 Å². The fraction of sp³-hybridized carbons (Fsp3) is 0.0833. The van der Waals surface area contributed by atoms with Crippen LogP contribution >= 0.6 is 0 Å². The first-order valence-corrected chi connectivity index (χ1v) is 4.61. The largest absolute Gasteiger partial charge is 0.390 e. The number of hydrogen-bond donors (Lipinski definition) is 1. The van der Waals surface area contributed by atoms with Gasteiger partial charge in [0.05, 0.1) is 12.3 Å². The quantitative estimate of drug-likeness (QED) is 0.812. The number of aromatic nitrogens is 1. The van der Waals surface area contributed by atoms with Crippen molar-refractivity contribution in [3.63, 3.8) is 0 Å².